The molecule has 0 saturated heterocycles. The van der Waals surface area contributed by atoms with Crippen molar-refractivity contribution in [1.29, 1.82) is 0 Å². The van der Waals surface area contributed by atoms with Crippen molar-refractivity contribution in [2.24, 2.45) is 0 Å². The summed E-state index contributed by atoms with van der Waals surface area (Å²) >= 11 is 0. The van der Waals surface area contributed by atoms with Crippen LogP contribution in [0.15, 0.2) is 12.4 Å². The van der Waals surface area contributed by atoms with Gasteiger partial charge >= 0.3 is 0 Å². The summed E-state index contributed by atoms with van der Waals surface area (Å²) in [5.41, 5.74) is 0. The lowest BCUT2D eigenvalue weighted by atomic mass is 10.7. The topological polar surface area (TPSA) is 47.8 Å². The Morgan fingerprint density at radius 3 is 2.75 bits per heavy atom. The Bertz CT molecular complexity index is 179. The molecule has 4 heteroatoms. The van der Waals surface area contributed by atoms with E-state index in [1.54, 1.807) is 0 Å². The summed E-state index contributed by atoms with van der Waals surface area (Å²) in [6, 6.07) is 0. The molecule has 0 amide bonds. The molecule has 0 saturated carbocycles. The van der Waals surface area contributed by atoms with Crippen molar-refractivity contribution in [3.63, 3.8) is 0 Å². The number of carbonyl (C=O) groups is 1. The zero-order valence-corrected chi connectivity index (χ0v) is 4.40. The Kier molecular flexibility index (Phi) is 1.07. The molecule has 0 aliphatic carbocycles. The predicted octanol–water partition coefficient (Wildman–Crippen LogP) is -0.0618. The summed E-state index contributed by atoms with van der Waals surface area (Å²) in [7, 11) is 0. The van der Waals surface area contributed by atoms with Gasteiger partial charge in [0, 0.05) is 6.92 Å². The van der Waals surface area contributed by atoms with Crippen molar-refractivity contribution in [3.8, 4) is 0 Å². The molecule has 0 aromatic carbocycles. The first kappa shape index (κ1) is 4.96. The molecular formula is C4H5N3O. The van der Waals surface area contributed by atoms with Crippen LogP contribution in [0, 0.1) is 0 Å². The van der Waals surface area contributed by atoms with E-state index in [4.69, 9.17) is 0 Å². The quantitative estimate of drug-likeness (QED) is 0.471. The van der Waals surface area contributed by atoms with Gasteiger partial charge in [-0.3, -0.25) is 4.79 Å². The fourth-order valence-corrected chi connectivity index (χ4v) is 0.376. The van der Waals surface area contributed by atoms with Crippen LogP contribution in [0.5, 0.6) is 0 Å². The fourth-order valence-electron chi connectivity index (χ4n) is 0.376. The van der Waals surface area contributed by atoms with Gasteiger partial charge in [-0.05, 0) is 0 Å². The maximum absolute atomic E-state index is 10.4. The molecule has 0 bridgehead atoms. The van der Waals surface area contributed by atoms with E-state index in [2.05, 4.69) is 10.3 Å². The number of nitrogens with zero attached hydrogens (tertiary/aromatic N) is 3. The lowest BCUT2D eigenvalue weighted by Crippen LogP contribution is -2.05. The Balaban J connectivity index is 2.93. The van der Waals surface area contributed by atoms with Gasteiger partial charge in [-0.25, -0.2) is 0 Å². The first-order valence-electron chi connectivity index (χ1n) is 2.18. The molecule has 0 unspecified atom stereocenters. The number of aromatic nitrogens is 3. The summed E-state index contributed by atoms with van der Waals surface area (Å²) in [6.45, 7) is 1.43. The molecule has 0 atom stereocenters. The van der Waals surface area contributed by atoms with E-state index in [1.807, 2.05) is 0 Å². The van der Waals surface area contributed by atoms with Crippen molar-refractivity contribution in [3.05, 3.63) is 12.4 Å². The maximum Gasteiger partial charge on any atom is 0.245 e. The molecule has 0 spiro atoms. The average Bonchev–Trinajstić information content (AvgIpc) is 2.12. The van der Waals surface area contributed by atoms with Crippen LogP contribution in [-0.4, -0.2) is 20.9 Å². The van der Waals surface area contributed by atoms with Crippen molar-refractivity contribution in [2.75, 3.05) is 0 Å². The van der Waals surface area contributed by atoms with Gasteiger partial charge in [0.05, 0.1) is 12.4 Å². The zero-order chi connectivity index (χ0) is 5.98. The van der Waals surface area contributed by atoms with Gasteiger partial charge in [-0.15, -0.1) is 5.10 Å². The van der Waals surface area contributed by atoms with Gasteiger partial charge in [0.1, 0.15) is 0 Å². The summed E-state index contributed by atoms with van der Waals surface area (Å²) in [5, 5.41) is 6.87. The van der Waals surface area contributed by atoms with E-state index in [1.165, 1.54) is 24.0 Å². The molecule has 1 aromatic heterocycles. The number of hydrogen-bond donors (Lipinski definition) is 0. The van der Waals surface area contributed by atoms with Gasteiger partial charge in [-0.1, -0.05) is 5.21 Å². The predicted molar refractivity (Wildman–Crippen MR) is 26.3 cm³/mol. The van der Waals surface area contributed by atoms with E-state index in [9.17, 15) is 4.79 Å². The molecule has 4 nitrogen and oxygen atoms in total. The normalized spacial score (nSPS) is 9.12. The molecule has 0 aliphatic rings. The van der Waals surface area contributed by atoms with Gasteiger partial charge in [0.15, 0.2) is 0 Å². The minimum atomic E-state index is -0.123. The smallest absolute Gasteiger partial charge is 0.245 e. The third-order valence-electron chi connectivity index (χ3n) is 0.745. The van der Waals surface area contributed by atoms with Crippen LogP contribution in [0.3, 0.4) is 0 Å². The van der Waals surface area contributed by atoms with Crippen molar-refractivity contribution in [2.45, 2.75) is 6.92 Å². The molecule has 0 aliphatic heterocycles. The molecule has 1 rings (SSSR count). The second kappa shape index (κ2) is 1.73. The van der Waals surface area contributed by atoms with Crippen LogP contribution >= 0.6 is 0 Å². The van der Waals surface area contributed by atoms with E-state index in [-0.39, 0.29) is 5.91 Å². The van der Waals surface area contributed by atoms with Crippen LogP contribution in [-0.2, 0) is 0 Å². The Morgan fingerprint density at radius 2 is 2.50 bits per heavy atom. The third-order valence-corrected chi connectivity index (χ3v) is 0.745. The van der Waals surface area contributed by atoms with E-state index in [0.717, 1.165) is 0 Å². The summed E-state index contributed by atoms with van der Waals surface area (Å²) in [5.74, 6) is -0.123. The summed E-state index contributed by atoms with van der Waals surface area (Å²) in [6.07, 6.45) is 2.96. The van der Waals surface area contributed by atoms with Gasteiger partial charge < -0.3 is 0 Å². The molecule has 0 fully saturated rings. The second-order valence-electron chi connectivity index (χ2n) is 1.37. The Morgan fingerprint density at radius 1 is 1.75 bits per heavy atom. The highest BCUT2D eigenvalue weighted by molar-refractivity contribution is 5.74. The van der Waals surface area contributed by atoms with Gasteiger partial charge in [-0.2, -0.15) is 4.68 Å². The largest absolute Gasteiger partial charge is 0.273 e. The van der Waals surface area contributed by atoms with Crippen LogP contribution in [0.2, 0.25) is 0 Å². The van der Waals surface area contributed by atoms with Crippen LogP contribution in [0.25, 0.3) is 0 Å². The van der Waals surface area contributed by atoms with Crippen LogP contribution in [0.1, 0.15) is 11.7 Å². The SMILES string of the molecule is CC(=O)n1ccnn1. The Hall–Kier alpha value is -1.19. The van der Waals surface area contributed by atoms with E-state index in [0.29, 0.717) is 0 Å². The third kappa shape index (κ3) is 0.726. The second-order valence-corrected chi connectivity index (χ2v) is 1.37. The van der Waals surface area contributed by atoms with Crippen molar-refractivity contribution >= 4 is 5.91 Å². The van der Waals surface area contributed by atoms with Crippen molar-refractivity contribution in [1.82, 2.24) is 15.0 Å². The minimum absolute atomic E-state index is 0.123. The average molecular weight is 111 g/mol. The maximum atomic E-state index is 10.4. The molecule has 1 heterocycles. The first-order valence-corrected chi connectivity index (χ1v) is 2.18. The highest BCUT2D eigenvalue weighted by Crippen LogP contribution is 1.76. The fraction of sp³-hybridized carbons (Fsp3) is 0.250. The molecular weight excluding hydrogens is 106 g/mol. The summed E-state index contributed by atoms with van der Waals surface area (Å²) < 4.78 is 1.17. The first-order chi connectivity index (χ1) is 3.80. The standard InChI is InChI=1S/C4H5N3O/c1-4(8)7-3-2-5-6-7/h2-3H,1H3. The molecule has 0 N–H and O–H groups in total. The lowest BCUT2D eigenvalue weighted by Gasteiger charge is -1.84. The molecule has 8 heavy (non-hydrogen) atoms. The summed E-state index contributed by atoms with van der Waals surface area (Å²) in [4.78, 5) is 10.4. The highest BCUT2D eigenvalue weighted by atomic mass is 16.2. The lowest BCUT2D eigenvalue weighted by molar-refractivity contribution is 0.0919. The monoisotopic (exact) mass is 111 g/mol. The molecule has 0 radical (unpaired) electrons. The number of hydrogen-bond acceptors (Lipinski definition) is 3. The Labute approximate surface area is 46.1 Å². The van der Waals surface area contributed by atoms with E-state index >= 15 is 0 Å². The van der Waals surface area contributed by atoms with Crippen LogP contribution < -0.4 is 0 Å². The molecule has 1 aromatic rings. The zero-order valence-electron chi connectivity index (χ0n) is 4.40. The van der Waals surface area contributed by atoms with Gasteiger partial charge in [0.2, 0.25) is 5.91 Å². The van der Waals surface area contributed by atoms with Crippen LogP contribution in [0.4, 0.5) is 0 Å². The van der Waals surface area contributed by atoms with Crippen molar-refractivity contribution < 1.29 is 4.79 Å². The molecule has 42 valence electrons. The van der Waals surface area contributed by atoms with Gasteiger partial charge in [0.25, 0.3) is 0 Å². The minimum Gasteiger partial charge on any atom is -0.273 e. The number of carbonyl (C=O) groups excluding carboxylic acids is 1. The van der Waals surface area contributed by atoms with E-state index < -0.39 is 0 Å². The number of rotatable bonds is 0. The highest BCUT2D eigenvalue weighted by Gasteiger charge is 1.92.